The predicted octanol–water partition coefficient (Wildman–Crippen LogP) is 1.67. The highest BCUT2D eigenvalue weighted by Gasteiger charge is 2.15. The van der Waals surface area contributed by atoms with Gasteiger partial charge < -0.3 is 20.3 Å². The number of carboxylic acid groups (broad SMARTS) is 1. The Bertz CT molecular complexity index is 455. The Balaban J connectivity index is 2.86. The Morgan fingerprint density at radius 2 is 2.18 bits per heavy atom. The van der Waals surface area contributed by atoms with Gasteiger partial charge in [0.2, 0.25) is 0 Å². The van der Waals surface area contributed by atoms with Crippen LogP contribution in [0, 0.1) is 0 Å². The molecule has 90 valence electrons. The molecule has 1 rings (SSSR count). The van der Waals surface area contributed by atoms with Crippen LogP contribution in [0.3, 0.4) is 0 Å². The average Bonchev–Trinajstić information content (AvgIpc) is 2.28. The predicted molar refractivity (Wildman–Crippen MR) is 60.0 cm³/mol. The Hall–Kier alpha value is -2.50. The third kappa shape index (κ3) is 3.53. The van der Waals surface area contributed by atoms with Crippen molar-refractivity contribution in [3.63, 3.8) is 0 Å². The van der Waals surface area contributed by atoms with Gasteiger partial charge >= 0.3 is 12.1 Å². The summed E-state index contributed by atoms with van der Waals surface area (Å²) in [6.45, 7) is 3.34. The van der Waals surface area contributed by atoms with Crippen molar-refractivity contribution in [3.8, 4) is 5.75 Å². The molecule has 3 N–H and O–H groups in total. The second-order valence-electron chi connectivity index (χ2n) is 3.01. The van der Waals surface area contributed by atoms with E-state index in [9.17, 15) is 9.59 Å². The van der Waals surface area contributed by atoms with Crippen LogP contribution in [0.25, 0.3) is 0 Å². The summed E-state index contributed by atoms with van der Waals surface area (Å²) in [5, 5.41) is 8.88. The summed E-state index contributed by atoms with van der Waals surface area (Å²) in [5.41, 5.74) is 5.48. The molecule has 0 saturated heterocycles. The Morgan fingerprint density at radius 1 is 1.47 bits per heavy atom. The van der Waals surface area contributed by atoms with Crippen LogP contribution in [0.4, 0.5) is 10.5 Å². The molecule has 0 heterocycles. The lowest BCUT2D eigenvalue weighted by molar-refractivity contribution is 0.0691. The number of rotatable bonds is 4. The lowest BCUT2D eigenvalue weighted by atomic mass is 10.2. The third-order valence-corrected chi connectivity index (χ3v) is 1.75. The zero-order valence-electron chi connectivity index (χ0n) is 8.88. The molecule has 1 aromatic rings. The molecule has 0 aliphatic rings. The highest BCUT2D eigenvalue weighted by atomic mass is 16.7. The lowest BCUT2D eigenvalue weighted by Crippen LogP contribution is -2.13. The van der Waals surface area contributed by atoms with Crippen LogP contribution < -0.4 is 10.5 Å². The summed E-state index contributed by atoms with van der Waals surface area (Å²) >= 11 is 0. The number of nitrogen functional groups attached to an aromatic ring is 1. The first-order chi connectivity index (χ1) is 8.04. The molecule has 17 heavy (non-hydrogen) atoms. The molecule has 0 fully saturated rings. The molecule has 1 aromatic carbocycles. The maximum atomic E-state index is 11.1. The van der Waals surface area contributed by atoms with Gasteiger partial charge in [0.15, 0.2) is 0 Å². The van der Waals surface area contributed by atoms with E-state index < -0.39 is 12.1 Å². The molecular weight excluding hydrogens is 226 g/mol. The Morgan fingerprint density at radius 3 is 2.76 bits per heavy atom. The van der Waals surface area contributed by atoms with Gasteiger partial charge in [-0.2, -0.15) is 0 Å². The normalized spacial score (nSPS) is 9.41. The van der Waals surface area contributed by atoms with E-state index in [1.54, 1.807) is 0 Å². The second-order valence-corrected chi connectivity index (χ2v) is 3.01. The van der Waals surface area contributed by atoms with Gasteiger partial charge in [-0.05, 0) is 18.2 Å². The number of ether oxygens (including phenoxy) is 2. The fourth-order valence-corrected chi connectivity index (χ4v) is 1.05. The fourth-order valence-electron chi connectivity index (χ4n) is 1.05. The van der Waals surface area contributed by atoms with E-state index in [1.807, 2.05) is 0 Å². The van der Waals surface area contributed by atoms with E-state index in [-0.39, 0.29) is 23.6 Å². The van der Waals surface area contributed by atoms with Crippen molar-refractivity contribution in [1.29, 1.82) is 0 Å². The summed E-state index contributed by atoms with van der Waals surface area (Å²) in [7, 11) is 0. The molecule has 0 aromatic heterocycles. The summed E-state index contributed by atoms with van der Waals surface area (Å²) < 4.78 is 9.28. The third-order valence-electron chi connectivity index (χ3n) is 1.75. The maximum absolute atomic E-state index is 11.1. The number of nitrogens with two attached hydrogens (primary N) is 1. The molecule has 0 saturated carbocycles. The minimum atomic E-state index is -1.25. The van der Waals surface area contributed by atoms with Gasteiger partial charge in [-0.15, -0.1) is 0 Å². The van der Waals surface area contributed by atoms with Crippen LogP contribution in [0.2, 0.25) is 0 Å². The standard InChI is InChI=1S/C11H11NO5/c1-2-5-16-11(15)17-9-4-3-7(12)6-8(9)10(13)14/h2-4,6H,1,5,12H2,(H,13,14). The number of hydrogen-bond donors (Lipinski definition) is 2. The zero-order chi connectivity index (χ0) is 12.8. The van der Waals surface area contributed by atoms with E-state index in [1.165, 1.54) is 24.3 Å². The number of anilines is 1. The fraction of sp³-hybridized carbons (Fsp3) is 0.0909. The lowest BCUT2D eigenvalue weighted by Gasteiger charge is -2.07. The molecule has 0 spiro atoms. The van der Waals surface area contributed by atoms with Crippen LogP contribution in [-0.4, -0.2) is 23.8 Å². The van der Waals surface area contributed by atoms with Crippen LogP contribution in [0.1, 0.15) is 10.4 Å². The highest BCUT2D eigenvalue weighted by Crippen LogP contribution is 2.21. The topological polar surface area (TPSA) is 98.9 Å². The van der Waals surface area contributed by atoms with Crippen LogP contribution in [0.5, 0.6) is 5.75 Å². The van der Waals surface area contributed by atoms with Crippen molar-refractivity contribution in [3.05, 3.63) is 36.4 Å². The van der Waals surface area contributed by atoms with Gasteiger partial charge in [-0.3, -0.25) is 0 Å². The molecule has 0 unspecified atom stereocenters. The van der Waals surface area contributed by atoms with Gasteiger partial charge in [0.05, 0.1) is 0 Å². The van der Waals surface area contributed by atoms with Crippen molar-refractivity contribution in [2.45, 2.75) is 0 Å². The zero-order valence-corrected chi connectivity index (χ0v) is 8.88. The molecule has 0 amide bonds. The molecule has 0 atom stereocenters. The van der Waals surface area contributed by atoms with Crippen molar-refractivity contribution in [2.24, 2.45) is 0 Å². The van der Waals surface area contributed by atoms with Crippen molar-refractivity contribution < 1.29 is 24.2 Å². The summed E-state index contributed by atoms with van der Waals surface area (Å²) in [6.07, 6.45) is 0.361. The van der Waals surface area contributed by atoms with E-state index in [0.29, 0.717) is 0 Å². The van der Waals surface area contributed by atoms with Gasteiger partial charge in [0, 0.05) is 5.69 Å². The van der Waals surface area contributed by atoms with Gasteiger partial charge in [0.1, 0.15) is 17.9 Å². The van der Waals surface area contributed by atoms with Crippen LogP contribution in [-0.2, 0) is 4.74 Å². The number of carbonyl (C=O) groups excluding carboxylic acids is 1. The first kappa shape index (κ1) is 12.6. The van der Waals surface area contributed by atoms with Crippen LogP contribution >= 0.6 is 0 Å². The number of aromatic carboxylic acids is 1. The van der Waals surface area contributed by atoms with Crippen LogP contribution in [0.15, 0.2) is 30.9 Å². The molecule has 0 radical (unpaired) electrons. The molecule has 6 nitrogen and oxygen atoms in total. The van der Waals surface area contributed by atoms with Gasteiger partial charge in [-0.1, -0.05) is 12.7 Å². The van der Waals surface area contributed by atoms with E-state index >= 15 is 0 Å². The van der Waals surface area contributed by atoms with Crippen molar-refractivity contribution >= 4 is 17.8 Å². The van der Waals surface area contributed by atoms with Gasteiger partial charge in [-0.25, -0.2) is 9.59 Å². The van der Waals surface area contributed by atoms with Crippen molar-refractivity contribution in [1.82, 2.24) is 0 Å². The quantitative estimate of drug-likeness (QED) is 0.357. The molecule has 0 bridgehead atoms. The van der Waals surface area contributed by atoms with Gasteiger partial charge in [0.25, 0.3) is 0 Å². The molecule has 0 aliphatic carbocycles. The SMILES string of the molecule is C=CCOC(=O)Oc1ccc(N)cc1C(=O)O. The second kappa shape index (κ2) is 5.55. The number of hydrogen-bond acceptors (Lipinski definition) is 5. The van der Waals surface area contributed by atoms with E-state index in [2.05, 4.69) is 11.3 Å². The first-order valence-electron chi connectivity index (χ1n) is 4.63. The number of carbonyl (C=O) groups is 2. The summed E-state index contributed by atoms with van der Waals surface area (Å²) in [4.78, 5) is 22.0. The molecule has 6 heteroatoms. The maximum Gasteiger partial charge on any atom is 0.514 e. The Labute approximate surface area is 97.3 Å². The minimum Gasteiger partial charge on any atom is -0.478 e. The largest absolute Gasteiger partial charge is 0.514 e. The number of benzene rings is 1. The average molecular weight is 237 g/mol. The first-order valence-corrected chi connectivity index (χ1v) is 4.63. The Kier molecular flexibility index (Phi) is 4.10. The smallest absolute Gasteiger partial charge is 0.478 e. The summed E-state index contributed by atoms with van der Waals surface area (Å²) in [5.74, 6) is -1.37. The molecular formula is C11H11NO5. The highest BCUT2D eigenvalue weighted by molar-refractivity contribution is 5.92. The van der Waals surface area contributed by atoms with E-state index in [0.717, 1.165) is 0 Å². The molecule has 0 aliphatic heterocycles. The van der Waals surface area contributed by atoms with Crippen molar-refractivity contribution in [2.75, 3.05) is 12.3 Å². The number of carboxylic acids is 1. The van der Waals surface area contributed by atoms with E-state index in [4.69, 9.17) is 15.6 Å². The minimum absolute atomic E-state index is 0.0176. The summed E-state index contributed by atoms with van der Waals surface area (Å²) in [6, 6.07) is 3.90. The monoisotopic (exact) mass is 237 g/mol.